The van der Waals surface area contributed by atoms with Gasteiger partial charge in [-0.05, 0) is 79.8 Å². The van der Waals surface area contributed by atoms with Gasteiger partial charge < -0.3 is 19.4 Å². The third kappa shape index (κ3) is 5.01. The summed E-state index contributed by atoms with van der Waals surface area (Å²) < 4.78 is 14.5. The third-order valence-corrected chi connectivity index (χ3v) is 6.58. The second kappa shape index (κ2) is 10.6. The van der Waals surface area contributed by atoms with Crippen molar-refractivity contribution in [2.75, 3.05) is 18.1 Å². The van der Waals surface area contributed by atoms with Gasteiger partial charge in [-0.15, -0.1) is 0 Å². The summed E-state index contributed by atoms with van der Waals surface area (Å²) in [6, 6.07) is 23.2. The number of amides is 1. The van der Waals surface area contributed by atoms with Gasteiger partial charge in [0.05, 0.1) is 18.8 Å². The van der Waals surface area contributed by atoms with Crippen molar-refractivity contribution in [1.29, 1.82) is 0 Å². The fourth-order valence-corrected chi connectivity index (χ4v) is 4.82. The number of thiocarbonyl (C=S) groups is 1. The maximum absolute atomic E-state index is 13.3. The zero-order chi connectivity index (χ0) is 25.1. The van der Waals surface area contributed by atoms with E-state index in [0.29, 0.717) is 36.3 Å². The molecule has 1 aromatic heterocycles. The van der Waals surface area contributed by atoms with E-state index in [2.05, 4.69) is 37.9 Å². The summed E-state index contributed by atoms with van der Waals surface area (Å²) in [4.78, 5) is 14.8. The van der Waals surface area contributed by atoms with Crippen molar-refractivity contribution in [3.8, 4) is 11.5 Å². The highest BCUT2D eigenvalue weighted by atomic mass is 79.9. The minimum Gasteiger partial charge on any atom is -0.494 e. The van der Waals surface area contributed by atoms with E-state index in [4.69, 9.17) is 21.7 Å². The van der Waals surface area contributed by atoms with Crippen LogP contribution >= 0.6 is 28.1 Å². The first kappa shape index (κ1) is 24.1. The average Bonchev–Trinajstić information content (AvgIpc) is 3.36. The molecule has 0 spiro atoms. The van der Waals surface area contributed by atoms with Crippen LogP contribution in [0, 0.1) is 0 Å². The molecule has 1 amide bonds. The number of benzene rings is 3. The number of para-hydroxylation sites is 1. The van der Waals surface area contributed by atoms with Crippen LogP contribution < -0.4 is 19.7 Å². The Kier molecular flexibility index (Phi) is 7.06. The molecule has 2 heterocycles. The number of nitrogens with one attached hydrogen (secondary N) is 1. The summed E-state index contributed by atoms with van der Waals surface area (Å²) in [5.74, 6) is 1.38. The third-order valence-electron chi connectivity index (χ3n) is 5.80. The van der Waals surface area contributed by atoms with Crippen LogP contribution in [0.1, 0.15) is 12.5 Å². The van der Waals surface area contributed by atoms with Crippen molar-refractivity contribution < 1.29 is 14.3 Å². The molecule has 1 aliphatic heterocycles. The lowest BCUT2D eigenvalue weighted by Crippen LogP contribution is -2.30. The predicted octanol–water partition coefficient (Wildman–Crippen LogP) is 6.14. The van der Waals surface area contributed by atoms with Crippen LogP contribution in [0.25, 0.3) is 17.0 Å². The number of carbonyl (C=O) groups is 1. The summed E-state index contributed by atoms with van der Waals surface area (Å²) >= 11 is 9.07. The Morgan fingerprint density at radius 2 is 1.75 bits per heavy atom. The van der Waals surface area contributed by atoms with E-state index in [9.17, 15) is 4.79 Å². The molecule has 0 saturated carbocycles. The molecule has 1 N–H and O–H groups in total. The van der Waals surface area contributed by atoms with Crippen LogP contribution in [-0.4, -0.2) is 28.8 Å². The van der Waals surface area contributed by atoms with Crippen LogP contribution in [0.5, 0.6) is 11.5 Å². The van der Waals surface area contributed by atoms with Gasteiger partial charge in [0.2, 0.25) is 0 Å². The maximum Gasteiger partial charge on any atom is 0.281 e. The van der Waals surface area contributed by atoms with Crippen LogP contribution in [0.2, 0.25) is 0 Å². The molecule has 0 bridgehead atoms. The Morgan fingerprint density at radius 1 is 1.00 bits per heavy atom. The largest absolute Gasteiger partial charge is 0.494 e. The Hall–Kier alpha value is -3.62. The number of hydrogen-bond donors (Lipinski definition) is 1. The highest BCUT2D eigenvalue weighted by molar-refractivity contribution is 9.10. The summed E-state index contributed by atoms with van der Waals surface area (Å²) in [5, 5.41) is 4.45. The molecule has 6 nitrogen and oxygen atoms in total. The summed E-state index contributed by atoms with van der Waals surface area (Å²) in [5.41, 5.74) is 3.08. The lowest BCUT2D eigenvalue weighted by atomic mass is 10.1. The van der Waals surface area contributed by atoms with Crippen molar-refractivity contribution >= 4 is 61.8 Å². The van der Waals surface area contributed by atoms with Crippen molar-refractivity contribution in [1.82, 2.24) is 9.88 Å². The van der Waals surface area contributed by atoms with Crippen molar-refractivity contribution in [3.05, 3.63) is 94.7 Å². The van der Waals surface area contributed by atoms with Gasteiger partial charge in [-0.25, -0.2) is 0 Å². The van der Waals surface area contributed by atoms with Gasteiger partial charge >= 0.3 is 0 Å². The van der Waals surface area contributed by atoms with E-state index in [1.165, 1.54) is 4.90 Å². The van der Waals surface area contributed by atoms with E-state index in [1.807, 2.05) is 79.9 Å². The van der Waals surface area contributed by atoms with Crippen LogP contribution in [0.3, 0.4) is 0 Å². The van der Waals surface area contributed by atoms with Gasteiger partial charge in [0.1, 0.15) is 23.8 Å². The molecule has 4 aromatic rings. The van der Waals surface area contributed by atoms with E-state index in [0.717, 1.165) is 32.4 Å². The number of carbonyl (C=O) groups excluding carboxylic acids is 1. The van der Waals surface area contributed by atoms with Gasteiger partial charge in [0.25, 0.3) is 5.91 Å². The molecule has 8 heteroatoms. The number of anilines is 1. The second-order valence-electron chi connectivity index (χ2n) is 8.16. The molecule has 182 valence electrons. The first-order chi connectivity index (χ1) is 17.5. The minimum atomic E-state index is -0.201. The molecule has 0 atom stereocenters. The Labute approximate surface area is 223 Å². The van der Waals surface area contributed by atoms with Crippen molar-refractivity contribution in [2.24, 2.45) is 0 Å². The maximum atomic E-state index is 13.3. The fraction of sp³-hybridized carbons (Fsp3) is 0.143. The molecule has 0 aliphatic carbocycles. The molecule has 3 aromatic carbocycles. The molecule has 1 fully saturated rings. The van der Waals surface area contributed by atoms with Gasteiger partial charge in [-0.2, -0.15) is 0 Å². The summed E-state index contributed by atoms with van der Waals surface area (Å²) in [6.45, 7) is 3.69. The zero-order valence-electron chi connectivity index (χ0n) is 19.6. The number of ether oxygens (including phenoxy) is 2. The lowest BCUT2D eigenvalue weighted by molar-refractivity contribution is -0.113. The first-order valence-electron chi connectivity index (χ1n) is 11.6. The first-order valence-corrected chi connectivity index (χ1v) is 12.8. The van der Waals surface area contributed by atoms with Crippen LogP contribution in [-0.2, 0) is 11.3 Å². The molecule has 1 saturated heterocycles. The minimum absolute atomic E-state index is 0.201. The predicted molar refractivity (Wildman–Crippen MR) is 150 cm³/mol. The smallest absolute Gasteiger partial charge is 0.281 e. The molecule has 5 rings (SSSR count). The number of fused-ring (bicyclic) bond motifs is 1. The van der Waals surface area contributed by atoms with Gasteiger partial charge in [0.15, 0.2) is 5.11 Å². The van der Waals surface area contributed by atoms with E-state index in [1.54, 1.807) is 0 Å². The Morgan fingerprint density at radius 3 is 2.50 bits per heavy atom. The molecular weight excluding hydrogens is 538 g/mol. The average molecular weight is 562 g/mol. The molecule has 0 unspecified atom stereocenters. The lowest BCUT2D eigenvalue weighted by Gasteiger charge is -2.14. The molecule has 36 heavy (non-hydrogen) atoms. The second-order valence-corrected chi connectivity index (χ2v) is 9.46. The standard InChI is InChI=1S/C28H24BrN3O3S/c1-2-34-23-11-9-21(10-12-23)32-27(33)25(30-28(32)36)16-19-18-31(26-13-8-20(29)17-24(19)26)14-15-35-22-6-4-3-5-7-22/h3-13,16-18H,2,14-15H2,1H3,(H,30,36)/b25-16-. The van der Waals surface area contributed by atoms with Gasteiger partial charge in [-0.3, -0.25) is 9.69 Å². The quantitative estimate of drug-likeness (QED) is 0.207. The molecule has 0 radical (unpaired) electrons. The van der Waals surface area contributed by atoms with Crippen molar-refractivity contribution in [2.45, 2.75) is 13.5 Å². The number of halogens is 1. The topological polar surface area (TPSA) is 55.7 Å². The van der Waals surface area contributed by atoms with Crippen LogP contribution in [0.4, 0.5) is 5.69 Å². The monoisotopic (exact) mass is 561 g/mol. The summed E-state index contributed by atoms with van der Waals surface area (Å²) in [6.07, 6.45) is 3.89. The van der Waals surface area contributed by atoms with E-state index < -0.39 is 0 Å². The molecule has 1 aliphatic rings. The number of hydrogen-bond acceptors (Lipinski definition) is 4. The number of nitrogens with zero attached hydrogens (tertiary/aromatic N) is 2. The van der Waals surface area contributed by atoms with Gasteiger partial charge in [-0.1, -0.05) is 34.1 Å². The van der Waals surface area contributed by atoms with E-state index in [-0.39, 0.29) is 5.91 Å². The Balaban J connectivity index is 1.41. The number of aromatic nitrogens is 1. The van der Waals surface area contributed by atoms with E-state index >= 15 is 0 Å². The van der Waals surface area contributed by atoms with Gasteiger partial charge in [0, 0.05) is 27.1 Å². The van der Waals surface area contributed by atoms with Crippen LogP contribution in [0.15, 0.2) is 89.2 Å². The highest BCUT2D eigenvalue weighted by Crippen LogP contribution is 2.29. The highest BCUT2D eigenvalue weighted by Gasteiger charge is 2.32. The zero-order valence-corrected chi connectivity index (χ0v) is 22.0. The van der Waals surface area contributed by atoms with Crippen molar-refractivity contribution in [3.63, 3.8) is 0 Å². The SMILES string of the molecule is CCOc1ccc(N2C(=O)/C(=C/c3cn(CCOc4ccccc4)c4ccc(Br)cc34)NC2=S)cc1. The Bertz CT molecular complexity index is 1450. The fourth-order valence-electron chi connectivity index (χ4n) is 4.16. The normalized spacial score (nSPS) is 14.5. The molecular formula is C28H24BrN3O3S. The number of rotatable bonds is 8. The summed E-state index contributed by atoms with van der Waals surface area (Å²) in [7, 11) is 0.